The fourth-order valence-electron chi connectivity index (χ4n) is 5.48. The molecule has 0 aliphatic heterocycles. The summed E-state index contributed by atoms with van der Waals surface area (Å²) in [5.74, 6) is -3.20. The normalized spacial score (nSPS) is 19.9. The van der Waals surface area contributed by atoms with Gasteiger partial charge in [-0.2, -0.15) is 0 Å². The Kier molecular flexibility index (Phi) is 3.08. The molecule has 1 heterocycles. The monoisotopic (exact) mass is 720 g/mol. The molecule has 0 amide bonds. The molecule has 9 aromatic carbocycles. The lowest BCUT2D eigenvalue weighted by Crippen LogP contribution is -2.00. The molecule has 0 saturated carbocycles. The largest absolute Gasteiger partial charge is 0.208 e. The average Bonchev–Trinajstić information content (AvgIpc) is 0.724. The second kappa shape index (κ2) is 13.4. The van der Waals surface area contributed by atoms with E-state index in [-0.39, 0.29) is 0 Å². The topological polar surface area (TPSA) is 38.7 Å². The van der Waals surface area contributed by atoms with E-state index in [0.717, 1.165) is 0 Å². The highest BCUT2D eigenvalue weighted by Gasteiger charge is 2.15. The first-order chi connectivity index (χ1) is 40.5. The molecule has 0 saturated heterocycles. The van der Waals surface area contributed by atoms with Crippen molar-refractivity contribution in [2.75, 3.05) is 0 Å². The van der Waals surface area contributed by atoms with E-state index in [1.165, 1.54) is 0 Å². The summed E-state index contributed by atoms with van der Waals surface area (Å²) in [7, 11) is 0. The van der Waals surface area contributed by atoms with Gasteiger partial charge in [-0.3, -0.25) is 0 Å². The summed E-state index contributed by atoms with van der Waals surface area (Å²) in [5, 5.41) is -3.51. The molecule has 0 aliphatic rings. The van der Waals surface area contributed by atoms with Gasteiger partial charge in [-0.25, -0.2) is 15.0 Å². The van der Waals surface area contributed by atoms with Crippen molar-refractivity contribution in [3.05, 3.63) is 199 Å². The fourth-order valence-corrected chi connectivity index (χ4v) is 5.48. The highest BCUT2D eigenvalue weighted by molar-refractivity contribution is 6.25. The molecule has 0 radical (unpaired) electrons. The van der Waals surface area contributed by atoms with Crippen molar-refractivity contribution < 1.29 is 45.2 Å². The van der Waals surface area contributed by atoms with Crippen LogP contribution >= 0.6 is 0 Å². The van der Waals surface area contributed by atoms with Gasteiger partial charge >= 0.3 is 0 Å². The highest BCUT2D eigenvalue weighted by Crippen LogP contribution is 2.38. The van der Waals surface area contributed by atoms with E-state index < -0.39 is 299 Å². The molecular formula is C51H33N3. The van der Waals surface area contributed by atoms with Gasteiger partial charge in [-0.05, 0) is 89.9 Å². The lowest BCUT2D eigenvalue weighted by molar-refractivity contribution is 1.07. The van der Waals surface area contributed by atoms with Crippen LogP contribution in [0.4, 0.5) is 0 Å². The lowest BCUT2D eigenvalue weighted by atomic mass is 9.92. The third kappa shape index (κ3) is 5.78. The van der Waals surface area contributed by atoms with Crippen molar-refractivity contribution in [1.29, 1.82) is 0 Å². The molecule has 0 unspecified atom stereocenters. The number of hydrogen-bond donors (Lipinski definition) is 0. The Morgan fingerprint density at radius 1 is 0.222 bits per heavy atom. The van der Waals surface area contributed by atoms with Gasteiger partial charge in [-0.1, -0.05) is 175 Å². The van der Waals surface area contributed by atoms with Crippen molar-refractivity contribution >= 4 is 32.3 Å². The predicted molar refractivity (Wildman–Crippen MR) is 225 cm³/mol. The Bertz CT molecular complexity index is 4650. The Morgan fingerprint density at radius 2 is 0.519 bits per heavy atom. The predicted octanol–water partition coefficient (Wildman–Crippen LogP) is 13.3. The summed E-state index contributed by atoms with van der Waals surface area (Å²) in [5.41, 5.74) is -8.26. The van der Waals surface area contributed by atoms with Crippen molar-refractivity contribution in [3.63, 3.8) is 0 Å². The summed E-state index contributed by atoms with van der Waals surface area (Å²) in [4.78, 5) is 13.0. The molecule has 10 rings (SSSR count). The Balaban J connectivity index is 1.40. The van der Waals surface area contributed by atoms with Crippen molar-refractivity contribution in [2.45, 2.75) is 0 Å². The minimum atomic E-state index is -1.18. The molecule has 0 bridgehead atoms. The number of benzene rings is 9. The smallest absolute Gasteiger partial charge is 0.164 e. The maximum absolute atomic E-state index is 9.85. The molecule has 1 aromatic heterocycles. The van der Waals surface area contributed by atoms with Gasteiger partial charge in [0.05, 0.1) is 45.2 Å². The van der Waals surface area contributed by atoms with E-state index in [0.29, 0.717) is 0 Å². The highest BCUT2D eigenvalue weighted by atomic mass is 15.0. The van der Waals surface area contributed by atoms with E-state index >= 15 is 0 Å². The quantitative estimate of drug-likeness (QED) is 0.161. The number of rotatable bonds is 6. The van der Waals surface area contributed by atoms with Crippen molar-refractivity contribution in [1.82, 2.24) is 15.0 Å². The molecule has 3 nitrogen and oxygen atoms in total. The Hall–Kier alpha value is -7.23. The molecule has 3 heteroatoms. The van der Waals surface area contributed by atoms with Crippen LogP contribution in [0.15, 0.2) is 199 Å². The van der Waals surface area contributed by atoms with E-state index in [2.05, 4.69) is 15.0 Å². The molecule has 0 N–H and O–H groups in total. The van der Waals surface area contributed by atoms with Crippen LogP contribution in [0.25, 0.3) is 99.9 Å². The lowest BCUT2D eigenvalue weighted by Gasteiger charge is -2.13. The summed E-state index contributed by atoms with van der Waals surface area (Å²) in [6, 6.07) is -33.0. The molecule has 0 atom stereocenters. The summed E-state index contributed by atoms with van der Waals surface area (Å²) in [6.07, 6.45) is 0. The Morgan fingerprint density at radius 3 is 0.944 bits per heavy atom. The first-order valence-electron chi connectivity index (χ1n) is 32.1. The molecule has 252 valence electrons. The van der Waals surface area contributed by atoms with Gasteiger partial charge in [-0.15, -0.1) is 0 Å². The zero-order valence-corrected chi connectivity index (χ0v) is 26.8. The second-order valence-corrected chi connectivity index (χ2v) is 11.1. The summed E-state index contributed by atoms with van der Waals surface area (Å²) >= 11 is 0. The zero-order valence-electron chi connectivity index (χ0n) is 59.8. The van der Waals surface area contributed by atoms with E-state index in [1.54, 1.807) is 0 Å². The van der Waals surface area contributed by atoms with Gasteiger partial charge in [0.2, 0.25) is 0 Å². The first-order valence-corrected chi connectivity index (χ1v) is 15.6. The first kappa shape index (κ1) is 12.4. The van der Waals surface area contributed by atoms with Crippen molar-refractivity contribution in [2.24, 2.45) is 0 Å². The number of aromatic nitrogens is 3. The number of hydrogen-bond acceptors (Lipinski definition) is 3. The van der Waals surface area contributed by atoms with Crippen LogP contribution in [0.1, 0.15) is 45.2 Å². The minimum absolute atomic E-state index is 0.516. The molecule has 54 heavy (non-hydrogen) atoms. The third-order valence-corrected chi connectivity index (χ3v) is 7.87. The molecule has 10 aromatic rings. The average molecular weight is 721 g/mol. The van der Waals surface area contributed by atoms with Crippen LogP contribution in [0.3, 0.4) is 0 Å². The Labute approximate surface area is 360 Å². The van der Waals surface area contributed by atoms with Gasteiger partial charge in [0.1, 0.15) is 0 Å². The molecular weight excluding hydrogens is 655 g/mol. The summed E-state index contributed by atoms with van der Waals surface area (Å²) < 4.78 is 294. The van der Waals surface area contributed by atoms with Crippen LogP contribution < -0.4 is 0 Å². The van der Waals surface area contributed by atoms with Gasteiger partial charge in [0, 0.05) is 16.7 Å². The molecule has 0 fully saturated rings. The summed E-state index contributed by atoms with van der Waals surface area (Å²) in [6.45, 7) is 0. The zero-order chi connectivity index (χ0) is 64.6. The van der Waals surface area contributed by atoms with E-state index in [4.69, 9.17) is 32.9 Å². The van der Waals surface area contributed by atoms with Gasteiger partial charge in [0.15, 0.2) is 17.5 Å². The number of nitrogens with zero attached hydrogens (tertiary/aromatic N) is 3. The maximum Gasteiger partial charge on any atom is 0.164 e. The van der Waals surface area contributed by atoms with Crippen LogP contribution in [0.2, 0.25) is 0 Å². The standard InChI is InChI=1S/C51H33N3/c1-3-14-34(15-4-1)36-18-11-21-40(30-36)49-52-50(41-22-12-19-37(31-41)35-16-5-2-6-17-35)54-51(53-49)42-23-13-20-38(32-42)39-28-29-47-45-26-8-7-24-43(45)44-25-9-10-27-46(44)48(47)33-39/h1-33H/i1D,2D,3D,4D,5D,6D,7D,8D,9D,10D,11D,12D,13D,14D,15D,16D,17D,18D,19D,20D,21D,22D,23D,24D,25D,26D,27D,28D,29D,30D,31D,32D,33D. The van der Waals surface area contributed by atoms with Crippen LogP contribution in [0, 0.1) is 0 Å². The molecule has 0 spiro atoms. The van der Waals surface area contributed by atoms with Gasteiger partial charge < -0.3 is 0 Å². The fraction of sp³-hybridized carbons (Fsp3) is 0. The third-order valence-electron chi connectivity index (χ3n) is 7.87. The SMILES string of the molecule is [2H]c1c([2H])c([2H])c(-c2c([2H])c([2H])c([2H])c(-c3nc(-c4c([2H])c([2H])c([2H])c(-c5c([2H])c([2H])c([2H])c([2H])c5[2H])c4[2H])nc(-c4c([2H])c([2H])c([2H])c(-c5c([2H])c([2H])c6c7c([2H])c([2H])c([2H])c([2H])c7c7c([2H])c([2H])c([2H])c([2H])c7c6c5[2H])c4[2H])n3)c2[2H])c([2H])c1[2H]. The minimum Gasteiger partial charge on any atom is -0.208 e. The van der Waals surface area contributed by atoms with Crippen molar-refractivity contribution in [3.8, 4) is 67.5 Å². The van der Waals surface area contributed by atoms with Crippen LogP contribution in [-0.4, -0.2) is 15.0 Å². The molecule has 0 aliphatic carbocycles. The second-order valence-electron chi connectivity index (χ2n) is 11.1. The van der Waals surface area contributed by atoms with E-state index in [9.17, 15) is 12.3 Å². The van der Waals surface area contributed by atoms with Crippen LogP contribution in [-0.2, 0) is 0 Å². The number of fused-ring (bicyclic) bond motifs is 6. The van der Waals surface area contributed by atoms with Crippen LogP contribution in [0.5, 0.6) is 0 Å². The van der Waals surface area contributed by atoms with E-state index in [1.807, 2.05) is 0 Å². The van der Waals surface area contributed by atoms with Gasteiger partial charge in [0.25, 0.3) is 0 Å². The maximum atomic E-state index is 9.85.